The largest absolute Gasteiger partial charge is 0.493 e. The summed E-state index contributed by atoms with van der Waals surface area (Å²) in [5.74, 6) is 1.00. The lowest BCUT2D eigenvalue weighted by atomic mass is 10.1. The topological polar surface area (TPSA) is 25.8 Å². The zero-order valence-electron chi connectivity index (χ0n) is 11.6. The standard InChI is InChI=1S/C15H25NO/c1-5-13-8-6-9-14(12-13)17-11-7-10-16-15(2,3)4/h6,8-9,12,16H,5,7,10-11H2,1-4H3/p+1. The van der Waals surface area contributed by atoms with Crippen LogP contribution in [0.15, 0.2) is 24.3 Å². The highest BCUT2D eigenvalue weighted by Crippen LogP contribution is 2.13. The SMILES string of the molecule is CCc1cccc(OCCC[NH2+]C(C)(C)C)c1. The van der Waals surface area contributed by atoms with Gasteiger partial charge >= 0.3 is 0 Å². The Balaban J connectivity index is 2.22. The predicted molar refractivity (Wildman–Crippen MR) is 72.5 cm³/mol. The average molecular weight is 236 g/mol. The number of quaternary nitrogens is 1. The van der Waals surface area contributed by atoms with Crippen molar-refractivity contribution in [2.75, 3.05) is 13.2 Å². The Morgan fingerprint density at radius 1 is 1.24 bits per heavy atom. The van der Waals surface area contributed by atoms with Crippen molar-refractivity contribution in [1.29, 1.82) is 0 Å². The number of hydrogen-bond acceptors (Lipinski definition) is 1. The van der Waals surface area contributed by atoms with Gasteiger partial charge < -0.3 is 10.1 Å². The molecular weight excluding hydrogens is 210 g/mol. The first-order chi connectivity index (χ1) is 8.01. The van der Waals surface area contributed by atoms with Gasteiger partial charge in [0.15, 0.2) is 0 Å². The van der Waals surface area contributed by atoms with Crippen molar-refractivity contribution < 1.29 is 10.1 Å². The molecule has 2 N–H and O–H groups in total. The van der Waals surface area contributed by atoms with E-state index in [9.17, 15) is 0 Å². The molecule has 17 heavy (non-hydrogen) atoms. The highest BCUT2D eigenvalue weighted by atomic mass is 16.5. The first kappa shape index (κ1) is 14.0. The lowest BCUT2D eigenvalue weighted by molar-refractivity contribution is -0.717. The number of hydrogen-bond donors (Lipinski definition) is 1. The summed E-state index contributed by atoms with van der Waals surface area (Å²) in [5.41, 5.74) is 1.66. The summed E-state index contributed by atoms with van der Waals surface area (Å²) in [4.78, 5) is 0. The molecule has 0 aromatic heterocycles. The van der Waals surface area contributed by atoms with Gasteiger partial charge in [-0.25, -0.2) is 0 Å². The molecule has 0 saturated carbocycles. The summed E-state index contributed by atoms with van der Waals surface area (Å²) in [5, 5.41) is 2.36. The third-order valence-electron chi connectivity index (χ3n) is 2.68. The van der Waals surface area contributed by atoms with Crippen LogP contribution < -0.4 is 10.1 Å². The van der Waals surface area contributed by atoms with Crippen LogP contribution in [0.4, 0.5) is 0 Å². The highest BCUT2D eigenvalue weighted by Gasteiger charge is 2.11. The molecule has 0 aliphatic heterocycles. The molecule has 0 amide bonds. The summed E-state index contributed by atoms with van der Waals surface area (Å²) >= 11 is 0. The van der Waals surface area contributed by atoms with Crippen LogP contribution >= 0.6 is 0 Å². The molecule has 2 nitrogen and oxygen atoms in total. The van der Waals surface area contributed by atoms with Crippen LogP contribution in [0.1, 0.15) is 39.7 Å². The fourth-order valence-electron chi connectivity index (χ4n) is 1.66. The van der Waals surface area contributed by atoms with Gasteiger partial charge in [0.2, 0.25) is 0 Å². The third kappa shape index (κ3) is 6.32. The smallest absolute Gasteiger partial charge is 0.119 e. The number of aryl methyl sites for hydroxylation is 1. The van der Waals surface area contributed by atoms with Crippen LogP contribution in [-0.2, 0) is 6.42 Å². The van der Waals surface area contributed by atoms with E-state index in [0.29, 0.717) is 5.54 Å². The van der Waals surface area contributed by atoms with Crippen LogP contribution in [0.25, 0.3) is 0 Å². The van der Waals surface area contributed by atoms with Crippen LogP contribution in [0, 0.1) is 0 Å². The number of nitrogens with two attached hydrogens (primary N) is 1. The molecule has 1 rings (SSSR count). The summed E-state index contributed by atoms with van der Waals surface area (Å²) in [6, 6.07) is 8.37. The van der Waals surface area contributed by atoms with E-state index in [0.717, 1.165) is 31.7 Å². The van der Waals surface area contributed by atoms with Gasteiger partial charge in [-0.2, -0.15) is 0 Å². The molecule has 1 aromatic carbocycles. The van der Waals surface area contributed by atoms with E-state index < -0.39 is 0 Å². The minimum atomic E-state index is 0.322. The van der Waals surface area contributed by atoms with Gasteiger partial charge in [-0.3, -0.25) is 0 Å². The summed E-state index contributed by atoms with van der Waals surface area (Å²) < 4.78 is 5.74. The van der Waals surface area contributed by atoms with E-state index in [1.54, 1.807) is 0 Å². The van der Waals surface area contributed by atoms with E-state index >= 15 is 0 Å². The molecule has 0 aliphatic carbocycles. The molecule has 0 fully saturated rings. The van der Waals surface area contributed by atoms with Gasteiger partial charge in [-0.15, -0.1) is 0 Å². The van der Waals surface area contributed by atoms with Gasteiger partial charge in [-0.05, 0) is 44.9 Å². The van der Waals surface area contributed by atoms with Gasteiger partial charge in [0.1, 0.15) is 5.75 Å². The van der Waals surface area contributed by atoms with E-state index in [4.69, 9.17) is 4.74 Å². The molecular formula is C15H26NO+. The maximum atomic E-state index is 5.74. The van der Waals surface area contributed by atoms with E-state index in [2.05, 4.69) is 51.2 Å². The predicted octanol–water partition coefficient (Wildman–Crippen LogP) is 2.38. The van der Waals surface area contributed by atoms with Gasteiger partial charge in [0.05, 0.1) is 18.7 Å². The van der Waals surface area contributed by atoms with Crippen molar-refractivity contribution in [2.24, 2.45) is 0 Å². The fourth-order valence-corrected chi connectivity index (χ4v) is 1.66. The maximum absolute atomic E-state index is 5.74. The minimum Gasteiger partial charge on any atom is -0.493 e. The summed E-state index contributed by atoms with van der Waals surface area (Å²) in [6.45, 7) is 10.8. The molecule has 96 valence electrons. The summed E-state index contributed by atoms with van der Waals surface area (Å²) in [7, 11) is 0. The van der Waals surface area contributed by atoms with Crippen LogP contribution in [-0.4, -0.2) is 18.7 Å². The fraction of sp³-hybridized carbons (Fsp3) is 0.600. The molecule has 0 spiro atoms. The Bertz CT molecular complexity index is 328. The molecule has 0 saturated heterocycles. The molecule has 0 aliphatic rings. The van der Waals surface area contributed by atoms with Crippen molar-refractivity contribution >= 4 is 0 Å². The van der Waals surface area contributed by atoms with Gasteiger partial charge in [-0.1, -0.05) is 19.1 Å². The second kappa shape index (κ2) is 6.65. The van der Waals surface area contributed by atoms with Gasteiger partial charge in [0.25, 0.3) is 0 Å². The number of ether oxygens (including phenoxy) is 1. The molecule has 0 heterocycles. The lowest BCUT2D eigenvalue weighted by Crippen LogP contribution is -2.94. The summed E-state index contributed by atoms with van der Waals surface area (Å²) in [6.07, 6.45) is 2.16. The second-order valence-corrected chi connectivity index (χ2v) is 5.56. The molecule has 1 aromatic rings. The molecule has 2 heteroatoms. The maximum Gasteiger partial charge on any atom is 0.119 e. The number of benzene rings is 1. The highest BCUT2D eigenvalue weighted by molar-refractivity contribution is 5.28. The average Bonchev–Trinajstić information content (AvgIpc) is 2.27. The monoisotopic (exact) mass is 236 g/mol. The molecule has 0 atom stereocenters. The van der Waals surface area contributed by atoms with E-state index in [-0.39, 0.29) is 0 Å². The first-order valence-corrected chi connectivity index (χ1v) is 6.57. The third-order valence-corrected chi connectivity index (χ3v) is 2.68. The van der Waals surface area contributed by atoms with Crippen LogP contribution in [0.3, 0.4) is 0 Å². The van der Waals surface area contributed by atoms with E-state index in [1.165, 1.54) is 5.56 Å². The Labute approximate surface area is 105 Å². The normalized spacial score (nSPS) is 11.5. The molecule has 0 unspecified atom stereocenters. The molecule has 0 radical (unpaired) electrons. The quantitative estimate of drug-likeness (QED) is 0.754. The minimum absolute atomic E-state index is 0.322. The van der Waals surface area contributed by atoms with Crippen molar-refractivity contribution in [1.82, 2.24) is 0 Å². The van der Waals surface area contributed by atoms with E-state index in [1.807, 2.05) is 6.07 Å². The first-order valence-electron chi connectivity index (χ1n) is 6.57. The van der Waals surface area contributed by atoms with Crippen molar-refractivity contribution in [2.45, 2.75) is 46.1 Å². The Morgan fingerprint density at radius 2 is 2.00 bits per heavy atom. The second-order valence-electron chi connectivity index (χ2n) is 5.56. The van der Waals surface area contributed by atoms with Crippen LogP contribution in [0.2, 0.25) is 0 Å². The Kier molecular flexibility index (Phi) is 5.49. The van der Waals surface area contributed by atoms with Crippen molar-refractivity contribution in [3.63, 3.8) is 0 Å². The number of rotatable bonds is 6. The van der Waals surface area contributed by atoms with Crippen molar-refractivity contribution in [3.05, 3.63) is 29.8 Å². The zero-order valence-corrected chi connectivity index (χ0v) is 11.6. The Hall–Kier alpha value is -1.02. The molecule has 0 bridgehead atoms. The lowest BCUT2D eigenvalue weighted by Gasteiger charge is -2.16. The van der Waals surface area contributed by atoms with Crippen LogP contribution in [0.5, 0.6) is 5.75 Å². The zero-order chi connectivity index (χ0) is 12.7. The van der Waals surface area contributed by atoms with Gasteiger partial charge in [0, 0.05) is 6.42 Å². The Morgan fingerprint density at radius 3 is 2.65 bits per heavy atom. The van der Waals surface area contributed by atoms with Crippen molar-refractivity contribution in [3.8, 4) is 5.75 Å².